The molecule has 2 bridgehead atoms. The highest BCUT2D eigenvalue weighted by molar-refractivity contribution is 7.53. The van der Waals surface area contributed by atoms with Crippen LogP contribution in [0.4, 0.5) is 17.6 Å². The first-order valence-electron chi connectivity index (χ1n) is 14.3. The zero-order valence-corrected chi connectivity index (χ0v) is 25.5. The minimum Gasteiger partial charge on any atom is -0.477 e. The molecule has 0 spiro atoms. The number of carboxylic acids is 1. The lowest BCUT2D eigenvalue weighted by atomic mass is 9.98. The van der Waals surface area contributed by atoms with Crippen molar-refractivity contribution in [2.24, 2.45) is 5.92 Å². The predicted molar refractivity (Wildman–Crippen MR) is 163 cm³/mol. The highest BCUT2D eigenvalue weighted by Crippen LogP contribution is 2.59. The van der Waals surface area contributed by atoms with Crippen LogP contribution in [0.25, 0.3) is 0 Å². The molecule has 7 nitrogen and oxygen atoms in total. The van der Waals surface area contributed by atoms with Crippen LogP contribution in [0.15, 0.2) is 120 Å². The minimum absolute atomic E-state index is 0.00765. The van der Waals surface area contributed by atoms with Gasteiger partial charge in [-0.15, -0.1) is 0 Å². The molecule has 0 aliphatic heterocycles. The summed E-state index contributed by atoms with van der Waals surface area (Å²) in [5.74, 6) is -6.06. The first-order valence-corrected chi connectivity index (χ1v) is 15.9. The summed E-state index contributed by atoms with van der Waals surface area (Å²) in [5, 5.41) is 8.71. The Morgan fingerprint density at radius 2 is 1.30 bits per heavy atom. The molecule has 2 aliphatic carbocycles. The van der Waals surface area contributed by atoms with E-state index in [1.165, 1.54) is 18.2 Å². The average molecular weight is 661 g/mol. The standard InChI is InChI=1S/C26H26F2O4.C8H7F2O3P/c27-26(28,25(29)30)24-13-11-20(12-14-24)15-23(18-31-16-21-7-3-1-4-8-21)19-32-17-22-9-5-2-6-10-22;9-8(10,14(11,12)13)7-4-5-1-2-6(7)3-5/h1-14,23H,15-19H2,(H,29,30);1-2,4H,3H2,(H2,11,12,13). The molecule has 0 aromatic heterocycles. The number of rotatable bonds is 14. The smallest absolute Gasteiger partial charge is 0.399 e. The van der Waals surface area contributed by atoms with Gasteiger partial charge in [0.1, 0.15) is 0 Å². The molecule has 0 saturated carbocycles. The first-order chi connectivity index (χ1) is 21.8. The van der Waals surface area contributed by atoms with Crippen molar-refractivity contribution >= 4 is 13.6 Å². The molecule has 0 radical (unpaired) electrons. The summed E-state index contributed by atoms with van der Waals surface area (Å²) >= 11 is 0. The number of hydrogen-bond donors (Lipinski definition) is 3. The average Bonchev–Trinajstić information content (AvgIpc) is 3.67. The Morgan fingerprint density at radius 1 is 0.783 bits per heavy atom. The molecule has 0 unspecified atom stereocenters. The number of benzene rings is 3. The van der Waals surface area contributed by atoms with Crippen LogP contribution >= 0.6 is 7.60 Å². The number of hydrogen-bond acceptors (Lipinski definition) is 4. The molecule has 2 aliphatic rings. The lowest BCUT2D eigenvalue weighted by Crippen LogP contribution is -2.25. The van der Waals surface area contributed by atoms with Gasteiger partial charge in [0.2, 0.25) is 0 Å². The number of aliphatic carboxylic acids is 1. The fourth-order valence-electron chi connectivity index (χ4n) is 4.85. The van der Waals surface area contributed by atoms with Crippen LogP contribution in [0, 0.1) is 5.92 Å². The highest BCUT2D eigenvalue weighted by Gasteiger charge is 2.53. The van der Waals surface area contributed by atoms with Gasteiger partial charge in [-0.1, -0.05) is 97.1 Å². The van der Waals surface area contributed by atoms with Gasteiger partial charge in [0.25, 0.3) is 0 Å². The van der Waals surface area contributed by atoms with Gasteiger partial charge in [0.15, 0.2) is 0 Å². The molecule has 0 saturated heterocycles. The molecule has 0 amide bonds. The van der Waals surface area contributed by atoms with E-state index in [9.17, 15) is 26.9 Å². The monoisotopic (exact) mass is 660 g/mol. The van der Waals surface area contributed by atoms with Crippen LogP contribution < -0.4 is 0 Å². The van der Waals surface area contributed by atoms with E-state index >= 15 is 0 Å². The van der Waals surface area contributed by atoms with Gasteiger partial charge in [-0.05, 0) is 46.8 Å². The summed E-state index contributed by atoms with van der Waals surface area (Å²) in [6.45, 7) is 1.83. The van der Waals surface area contributed by atoms with Gasteiger partial charge >= 0.3 is 25.2 Å². The maximum Gasteiger partial charge on any atom is 0.399 e. The molecule has 3 N–H and O–H groups in total. The molecule has 3 aromatic carbocycles. The van der Waals surface area contributed by atoms with Crippen LogP contribution in [0.2, 0.25) is 0 Å². The third-order valence-corrected chi connectivity index (χ3v) is 8.27. The van der Waals surface area contributed by atoms with E-state index < -0.39 is 36.3 Å². The van der Waals surface area contributed by atoms with Gasteiger partial charge in [-0.3, -0.25) is 4.57 Å². The largest absolute Gasteiger partial charge is 0.477 e. The van der Waals surface area contributed by atoms with Gasteiger partial charge in [-0.25, -0.2) is 4.79 Å². The van der Waals surface area contributed by atoms with Gasteiger partial charge in [0.05, 0.1) is 26.4 Å². The normalized spacial score (nSPS) is 14.4. The number of carboxylic acid groups (broad SMARTS) is 1. The molecular formula is C34H33F4O7P. The van der Waals surface area contributed by atoms with Crippen molar-refractivity contribution in [3.05, 3.63) is 142 Å². The van der Waals surface area contributed by atoms with Crippen molar-refractivity contribution < 1.29 is 51.3 Å². The fourth-order valence-corrected chi connectivity index (χ4v) is 5.37. The maximum atomic E-state index is 13.7. The lowest BCUT2D eigenvalue weighted by Gasteiger charge is -2.19. The Kier molecular flexibility index (Phi) is 11.5. The topological polar surface area (TPSA) is 113 Å². The summed E-state index contributed by atoms with van der Waals surface area (Å²) in [5.41, 5.74) is -1.22. The Labute approximate surface area is 263 Å². The van der Waals surface area contributed by atoms with Crippen LogP contribution in [-0.4, -0.2) is 39.7 Å². The van der Waals surface area contributed by atoms with Crippen LogP contribution in [0.3, 0.4) is 0 Å². The van der Waals surface area contributed by atoms with Crippen molar-refractivity contribution in [2.75, 3.05) is 13.2 Å². The zero-order chi connectivity index (χ0) is 33.4. The number of ether oxygens (including phenoxy) is 2. The molecule has 244 valence electrons. The van der Waals surface area contributed by atoms with Crippen LogP contribution in [0.1, 0.15) is 28.7 Å². The molecule has 0 atom stereocenters. The quantitative estimate of drug-likeness (QED) is 0.122. The molecule has 3 aromatic rings. The Hall–Kier alpha value is -3.86. The van der Waals surface area contributed by atoms with Crippen molar-refractivity contribution in [3.63, 3.8) is 0 Å². The van der Waals surface area contributed by atoms with Crippen molar-refractivity contribution in [1.29, 1.82) is 0 Å². The van der Waals surface area contributed by atoms with Gasteiger partial charge in [0, 0.05) is 17.1 Å². The number of carbonyl (C=O) groups is 1. The van der Waals surface area contributed by atoms with E-state index in [0.717, 1.165) is 34.9 Å². The molecule has 0 heterocycles. The number of fused-ring (bicyclic) bond motifs is 2. The van der Waals surface area contributed by atoms with E-state index in [2.05, 4.69) is 0 Å². The van der Waals surface area contributed by atoms with E-state index in [-0.39, 0.29) is 5.92 Å². The van der Waals surface area contributed by atoms with E-state index in [1.54, 1.807) is 6.08 Å². The second kappa shape index (κ2) is 15.2. The van der Waals surface area contributed by atoms with Crippen molar-refractivity contribution in [2.45, 2.75) is 37.6 Å². The Bertz CT molecular complexity index is 1570. The predicted octanol–water partition coefficient (Wildman–Crippen LogP) is 7.41. The van der Waals surface area contributed by atoms with Gasteiger partial charge < -0.3 is 24.4 Å². The molecule has 5 rings (SSSR count). The number of allylic oxidation sites excluding steroid dienone is 6. The lowest BCUT2D eigenvalue weighted by molar-refractivity contribution is -0.166. The number of alkyl halides is 4. The zero-order valence-electron chi connectivity index (χ0n) is 24.6. The Morgan fingerprint density at radius 3 is 1.72 bits per heavy atom. The third kappa shape index (κ3) is 9.11. The van der Waals surface area contributed by atoms with Crippen LogP contribution in [-0.2, 0) is 44.4 Å². The van der Waals surface area contributed by atoms with E-state index in [4.69, 9.17) is 24.4 Å². The molecular weight excluding hydrogens is 627 g/mol. The summed E-state index contributed by atoms with van der Waals surface area (Å²) in [7, 11) is -5.42. The molecule has 0 fully saturated rings. The highest BCUT2D eigenvalue weighted by atomic mass is 31.2. The van der Waals surface area contributed by atoms with E-state index in [0.29, 0.717) is 50.4 Å². The summed E-state index contributed by atoms with van der Waals surface area (Å²) in [4.78, 5) is 27.8. The fraction of sp³-hybridized carbons (Fsp3) is 0.265. The van der Waals surface area contributed by atoms with Crippen molar-refractivity contribution in [1.82, 2.24) is 0 Å². The third-order valence-electron chi connectivity index (χ3n) is 7.30. The van der Waals surface area contributed by atoms with Crippen LogP contribution in [0.5, 0.6) is 0 Å². The first kappa shape index (κ1) is 35.0. The summed E-state index contributed by atoms with van der Waals surface area (Å²) < 4.78 is 76.1. The van der Waals surface area contributed by atoms with Gasteiger partial charge in [-0.2, -0.15) is 17.6 Å². The molecule has 12 heteroatoms. The summed E-state index contributed by atoms with van der Waals surface area (Å²) in [6.07, 6.45) is 5.19. The van der Waals surface area contributed by atoms with E-state index in [1.807, 2.05) is 60.7 Å². The second-order valence-electron chi connectivity index (χ2n) is 10.9. The summed E-state index contributed by atoms with van der Waals surface area (Å²) in [6, 6.07) is 25.0. The van der Waals surface area contributed by atoms with Crippen molar-refractivity contribution in [3.8, 4) is 0 Å². The molecule has 46 heavy (non-hydrogen) atoms. The maximum absolute atomic E-state index is 13.7. The SMILES string of the molecule is O=C(O)C(F)(F)c1ccc(CC(COCc2ccccc2)COCc2ccccc2)cc1.O=P(O)(O)C(F)(F)C1=C2C=CC(=C1)C2. The second-order valence-corrected chi connectivity index (χ2v) is 12.6. The Balaban J connectivity index is 0.000000284. The minimum atomic E-state index is -5.42. The number of halogens is 4.